The van der Waals surface area contributed by atoms with Gasteiger partial charge in [0.15, 0.2) is 0 Å². The Bertz CT molecular complexity index is 852. The molecular formula is C22H25N3O2. The first-order chi connectivity index (χ1) is 13.1. The Kier molecular flexibility index (Phi) is 4.70. The van der Waals surface area contributed by atoms with E-state index in [-0.39, 0.29) is 17.7 Å². The van der Waals surface area contributed by atoms with E-state index in [1.807, 2.05) is 42.5 Å². The number of likely N-dealkylation sites (tertiary alicyclic amines) is 1. The lowest BCUT2D eigenvalue weighted by atomic mass is 9.82. The zero-order valence-corrected chi connectivity index (χ0v) is 15.6. The van der Waals surface area contributed by atoms with Gasteiger partial charge >= 0.3 is 0 Å². The van der Waals surface area contributed by atoms with Gasteiger partial charge in [0, 0.05) is 32.2 Å². The van der Waals surface area contributed by atoms with E-state index >= 15 is 0 Å². The minimum absolute atomic E-state index is 0.00295. The first-order valence-corrected chi connectivity index (χ1v) is 9.49. The molecular weight excluding hydrogens is 338 g/mol. The van der Waals surface area contributed by atoms with E-state index in [1.54, 1.807) is 7.05 Å². The van der Waals surface area contributed by atoms with E-state index in [4.69, 9.17) is 0 Å². The van der Waals surface area contributed by atoms with Gasteiger partial charge in [0.2, 0.25) is 5.91 Å². The van der Waals surface area contributed by atoms with Crippen molar-refractivity contribution in [2.45, 2.75) is 24.9 Å². The van der Waals surface area contributed by atoms with Crippen LogP contribution in [-0.2, 0) is 17.8 Å². The van der Waals surface area contributed by atoms with E-state index in [0.29, 0.717) is 13.1 Å². The van der Waals surface area contributed by atoms with Gasteiger partial charge in [0.25, 0.3) is 5.91 Å². The van der Waals surface area contributed by atoms with Crippen molar-refractivity contribution >= 4 is 11.8 Å². The van der Waals surface area contributed by atoms with Gasteiger partial charge < -0.3 is 10.6 Å². The second-order valence-corrected chi connectivity index (χ2v) is 7.59. The normalized spacial score (nSPS) is 24.9. The molecule has 2 atom stereocenters. The van der Waals surface area contributed by atoms with Gasteiger partial charge in [-0.2, -0.15) is 0 Å². The van der Waals surface area contributed by atoms with Crippen molar-refractivity contribution in [1.29, 1.82) is 0 Å². The summed E-state index contributed by atoms with van der Waals surface area (Å²) in [5.74, 6) is -0.333. The fourth-order valence-corrected chi connectivity index (χ4v) is 4.53. The summed E-state index contributed by atoms with van der Waals surface area (Å²) in [6, 6.07) is 18.0. The molecule has 5 nitrogen and oxygen atoms in total. The quantitative estimate of drug-likeness (QED) is 0.877. The van der Waals surface area contributed by atoms with Crippen LogP contribution >= 0.6 is 0 Å². The van der Waals surface area contributed by atoms with Crippen LogP contribution in [0.25, 0.3) is 0 Å². The molecule has 140 valence electrons. The van der Waals surface area contributed by atoms with Crippen LogP contribution in [0.5, 0.6) is 0 Å². The van der Waals surface area contributed by atoms with Crippen LogP contribution in [0.1, 0.15) is 27.9 Å². The molecule has 2 N–H and O–H groups in total. The van der Waals surface area contributed by atoms with Crippen molar-refractivity contribution in [2.24, 2.45) is 5.92 Å². The molecule has 0 radical (unpaired) electrons. The summed E-state index contributed by atoms with van der Waals surface area (Å²) in [4.78, 5) is 27.9. The predicted octanol–water partition coefficient (Wildman–Crippen LogP) is 1.98. The number of hydrogen-bond acceptors (Lipinski definition) is 3. The molecule has 2 aromatic rings. The molecule has 2 heterocycles. The second-order valence-electron chi connectivity index (χ2n) is 7.59. The molecule has 0 aliphatic carbocycles. The molecule has 5 heteroatoms. The van der Waals surface area contributed by atoms with Crippen LogP contribution in [0.2, 0.25) is 0 Å². The highest BCUT2D eigenvalue weighted by Crippen LogP contribution is 2.36. The number of fused-ring (bicyclic) bond motifs is 1. The number of amides is 2. The average Bonchev–Trinajstić information content (AvgIpc) is 2.97. The lowest BCUT2D eigenvalue weighted by molar-refractivity contribution is -0.125. The van der Waals surface area contributed by atoms with Crippen LogP contribution in [-0.4, -0.2) is 42.4 Å². The Labute approximate surface area is 159 Å². The van der Waals surface area contributed by atoms with Crippen molar-refractivity contribution in [3.63, 3.8) is 0 Å². The molecule has 0 aromatic heterocycles. The number of nitrogens with zero attached hydrogens (tertiary/aromatic N) is 1. The molecule has 0 unspecified atom stereocenters. The van der Waals surface area contributed by atoms with Gasteiger partial charge in [-0.05, 0) is 30.0 Å². The third-order valence-electron chi connectivity index (χ3n) is 5.89. The Hall–Kier alpha value is -2.66. The van der Waals surface area contributed by atoms with E-state index in [1.165, 1.54) is 5.56 Å². The summed E-state index contributed by atoms with van der Waals surface area (Å²) in [7, 11) is 1.67. The summed E-state index contributed by atoms with van der Waals surface area (Å²) in [5.41, 5.74) is 2.47. The van der Waals surface area contributed by atoms with Crippen molar-refractivity contribution < 1.29 is 9.59 Å². The van der Waals surface area contributed by atoms with Crippen LogP contribution in [0.4, 0.5) is 0 Å². The number of aryl methyl sites for hydroxylation is 1. The highest BCUT2D eigenvalue weighted by molar-refractivity contribution is 5.97. The third kappa shape index (κ3) is 3.35. The number of carbonyl (C=O) groups excluding carboxylic acids is 2. The zero-order chi connectivity index (χ0) is 18.9. The van der Waals surface area contributed by atoms with E-state index in [0.717, 1.165) is 30.5 Å². The summed E-state index contributed by atoms with van der Waals surface area (Å²) < 4.78 is 0. The summed E-state index contributed by atoms with van der Waals surface area (Å²) in [6.45, 7) is 2.10. The Morgan fingerprint density at radius 1 is 1.19 bits per heavy atom. The van der Waals surface area contributed by atoms with Crippen molar-refractivity contribution in [3.05, 3.63) is 71.3 Å². The molecule has 2 aromatic carbocycles. The first-order valence-electron chi connectivity index (χ1n) is 9.49. The monoisotopic (exact) mass is 363 g/mol. The Morgan fingerprint density at radius 2 is 1.93 bits per heavy atom. The topological polar surface area (TPSA) is 61.4 Å². The molecule has 0 bridgehead atoms. The maximum atomic E-state index is 12.9. The van der Waals surface area contributed by atoms with Crippen LogP contribution in [0.15, 0.2) is 54.6 Å². The number of rotatable bonds is 3. The summed E-state index contributed by atoms with van der Waals surface area (Å²) in [5, 5.41) is 6.05. The molecule has 1 fully saturated rings. The second kappa shape index (κ2) is 7.16. The number of nitrogens with one attached hydrogen (secondary N) is 2. The average molecular weight is 363 g/mol. The van der Waals surface area contributed by atoms with Crippen LogP contribution < -0.4 is 10.6 Å². The zero-order valence-electron chi connectivity index (χ0n) is 15.6. The molecule has 2 aliphatic rings. The van der Waals surface area contributed by atoms with Gasteiger partial charge in [0.05, 0.1) is 11.5 Å². The smallest absolute Gasteiger partial charge is 0.252 e. The SMILES string of the molecule is CNC(=O)[C@@H]1CN(Cc2ccccc2)C[C@]12CCc1ccccc1C(=O)N2. The highest BCUT2D eigenvalue weighted by Gasteiger charge is 2.51. The van der Waals surface area contributed by atoms with E-state index < -0.39 is 5.54 Å². The molecule has 27 heavy (non-hydrogen) atoms. The minimum Gasteiger partial charge on any atom is -0.359 e. The highest BCUT2D eigenvalue weighted by atomic mass is 16.2. The molecule has 2 amide bonds. The van der Waals surface area contributed by atoms with E-state index in [9.17, 15) is 9.59 Å². The van der Waals surface area contributed by atoms with Crippen molar-refractivity contribution in [2.75, 3.05) is 20.1 Å². The lowest BCUT2D eigenvalue weighted by Crippen LogP contribution is -2.57. The molecule has 0 saturated carbocycles. The third-order valence-corrected chi connectivity index (χ3v) is 5.89. The largest absolute Gasteiger partial charge is 0.359 e. The van der Waals surface area contributed by atoms with Gasteiger partial charge in [-0.15, -0.1) is 0 Å². The predicted molar refractivity (Wildman–Crippen MR) is 104 cm³/mol. The number of hydrogen-bond donors (Lipinski definition) is 2. The number of benzene rings is 2. The van der Waals surface area contributed by atoms with Crippen molar-refractivity contribution in [3.8, 4) is 0 Å². The van der Waals surface area contributed by atoms with Crippen LogP contribution in [0, 0.1) is 5.92 Å². The fraction of sp³-hybridized carbons (Fsp3) is 0.364. The number of carbonyl (C=O) groups is 2. The van der Waals surface area contributed by atoms with Gasteiger partial charge in [-0.1, -0.05) is 48.5 Å². The molecule has 4 rings (SSSR count). The van der Waals surface area contributed by atoms with Crippen molar-refractivity contribution in [1.82, 2.24) is 15.5 Å². The van der Waals surface area contributed by atoms with Gasteiger partial charge in [0.1, 0.15) is 0 Å². The molecule has 1 spiro atoms. The maximum absolute atomic E-state index is 12.9. The molecule has 2 aliphatic heterocycles. The van der Waals surface area contributed by atoms with Crippen LogP contribution in [0.3, 0.4) is 0 Å². The van der Waals surface area contributed by atoms with E-state index in [2.05, 4.69) is 27.7 Å². The first kappa shape index (κ1) is 17.7. The lowest BCUT2D eigenvalue weighted by Gasteiger charge is -2.33. The minimum atomic E-state index is -0.537. The maximum Gasteiger partial charge on any atom is 0.252 e. The Balaban J connectivity index is 1.62. The molecule has 1 saturated heterocycles. The fourth-order valence-electron chi connectivity index (χ4n) is 4.53. The van der Waals surface area contributed by atoms with Gasteiger partial charge in [-0.3, -0.25) is 14.5 Å². The Morgan fingerprint density at radius 3 is 2.70 bits per heavy atom. The summed E-state index contributed by atoms with van der Waals surface area (Å²) >= 11 is 0. The summed E-state index contributed by atoms with van der Waals surface area (Å²) in [6.07, 6.45) is 1.56. The van der Waals surface area contributed by atoms with Gasteiger partial charge in [-0.25, -0.2) is 0 Å². The standard InChI is InChI=1S/C22H25N3O2/c1-23-21(27)19-14-25(13-16-7-3-2-4-8-16)15-22(19)12-11-17-9-5-6-10-18(17)20(26)24-22/h2-10,19H,11-15H2,1H3,(H,23,27)(H,24,26)/t19-,22+/m0/s1.